The van der Waals surface area contributed by atoms with Gasteiger partial charge in [-0.25, -0.2) is 10.9 Å². The van der Waals surface area contributed by atoms with Gasteiger partial charge in [0, 0.05) is 5.75 Å². The second-order valence-corrected chi connectivity index (χ2v) is 4.35. The van der Waals surface area contributed by atoms with E-state index in [0.717, 1.165) is 12.4 Å². The zero-order valence-electron chi connectivity index (χ0n) is 5.04. The van der Waals surface area contributed by atoms with Crippen molar-refractivity contribution in [1.29, 1.82) is 0 Å². The molecule has 0 amide bonds. The van der Waals surface area contributed by atoms with E-state index in [1.807, 2.05) is 0 Å². The lowest BCUT2D eigenvalue weighted by Crippen LogP contribution is -2.04. The van der Waals surface area contributed by atoms with Crippen molar-refractivity contribution in [3.63, 3.8) is 0 Å². The van der Waals surface area contributed by atoms with Crippen LogP contribution in [0.4, 0.5) is 0 Å². The summed E-state index contributed by atoms with van der Waals surface area (Å²) < 4.78 is 5.02. The first kappa shape index (κ1) is 6.89. The summed E-state index contributed by atoms with van der Waals surface area (Å²) in [5, 5.41) is 8.33. The van der Waals surface area contributed by atoms with Gasteiger partial charge in [-0.15, -0.1) is 0 Å². The molecule has 1 atom stereocenters. The molecule has 4 heteroatoms. The summed E-state index contributed by atoms with van der Waals surface area (Å²) in [5.41, 5.74) is 0. The van der Waals surface area contributed by atoms with E-state index in [4.69, 9.17) is 9.84 Å². The van der Waals surface area contributed by atoms with Gasteiger partial charge in [-0.1, -0.05) is 0 Å². The number of ether oxygens (including phenoxy) is 1. The summed E-state index contributed by atoms with van der Waals surface area (Å²) in [6.07, 6.45) is 0. The molecule has 0 spiro atoms. The number of carboxylic acids is 1. The Bertz CT molecular complexity index is 109. The standard InChI is InChI=1S/C5H10O3S/c6-5(7)3-9-2-1-8-4-9/h9H,1-4H2,(H,6,7). The fourth-order valence-electron chi connectivity index (χ4n) is 0.768. The van der Waals surface area contributed by atoms with E-state index >= 15 is 0 Å². The van der Waals surface area contributed by atoms with E-state index in [1.54, 1.807) is 0 Å². The van der Waals surface area contributed by atoms with Crippen molar-refractivity contribution in [3.8, 4) is 0 Å². The zero-order valence-corrected chi connectivity index (χ0v) is 5.93. The number of aliphatic carboxylic acids is 1. The maximum absolute atomic E-state index is 10.1. The Morgan fingerprint density at radius 1 is 1.78 bits per heavy atom. The Morgan fingerprint density at radius 3 is 3.00 bits per heavy atom. The zero-order chi connectivity index (χ0) is 6.69. The molecular weight excluding hydrogens is 140 g/mol. The van der Waals surface area contributed by atoms with E-state index in [-0.39, 0.29) is 10.9 Å². The van der Waals surface area contributed by atoms with Gasteiger partial charge in [0.2, 0.25) is 0 Å². The van der Waals surface area contributed by atoms with Crippen LogP contribution in [0.25, 0.3) is 0 Å². The van der Waals surface area contributed by atoms with Gasteiger partial charge in [0.05, 0.1) is 18.3 Å². The van der Waals surface area contributed by atoms with Crippen molar-refractivity contribution in [2.75, 3.05) is 24.1 Å². The van der Waals surface area contributed by atoms with Gasteiger partial charge in [-0.3, -0.25) is 4.79 Å². The monoisotopic (exact) mass is 150 g/mol. The lowest BCUT2D eigenvalue weighted by molar-refractivity contribution is -0.133. The van der Waals surface area contributed by atoms with Crippen molar-refractivity contribution in [1.82, 2.24) is 0 Å². The summed E-state index contributed by atoms with van der Waals surface area (Å²) in [5.74, 6) is 1.31. The summed E-state index contributed by atoms with van der Waals surface area (Å²) in [4.78, 5) is 10.1. The molecule has 0 aliphatic carbocycles. The number of rotatable bonds is 2. The SMILES string of the molecule is O=C(O)C[SH]1CCOC1. The minimum absolute atomic E-state index is 0.306. The van der Waals surface area contributed by atoms with Gasteiger partial charge in [0.15, 0.2) is 0 Å². The second-order valence-electron chi connectivity index (χ2n) is 1.98. The first-order valence-electron chi connectivity index (χ1n) is 2.81. The molecule has 1 rings (SSSR count). The van der Waals surface area contributed by atoms with Crippen LogP contribution < -0.4 is 0 Å². The maximum atomic E-state index is 10.1. The van der Waals surface area contributed by atoms with Gasteiger partial charge in [0.1, 0.15) is 0 Å². The van der Waals surface area contributed by atoms with Gasteiger partial charge >= 0.3 is 5.97 Å². The highest BCUT2D eigenvalue weighted by atomic mass is 32.2. The predicted octanol–water partition coefficient (Wildman–Crippen LogP) is 0.0599. The van der Waals surface area contributed by atoms with Gasteiger partial charge in [-0.05, 0) is 0 Å². The minimum Gasteiger partial charge on any atom is -0.481 e. The Balaban J connectivity index is 2.19. The van der Waals surface area contributed by atoms with Crippen LogP contribution >= 0.6 is 10.9 Å². The summed E-state index contributed by atoms with van der Waals surface area (Å²) in [7, 11) is -0.306. The highest BCUT2D eigenvalue weighted by Crippen LogP contribution is 2.28. The molecule has 1 fully saturated rings. The fraction of sp³-hybridized carbons (Fsp3) is 0.800. The Kier molecular flexibility index (Phi) is 2.36. The third-order valence-corrected chi connectivity index (χ3v) is 3.27. The molecule has 9 heavy (non-hydrogen) atoms. The fourth-order valence-corrected chi connectivity index (χ4v) is 2.30. The van der Waals surface area contributed by atoms with Crippen molar-refractivity contribution < 1.29 is 14.6 Å². The topological polar surface area (TPSA) is 46.5 Å². The molecular formula is C5H10O3S. The molecule has 0 bridgehead atoms. The maximum Gasteiger partial charge on any atom is 0.311 e. The predicted molar refractivity (Wildman–Crippen MR) is 37.2 cm³/mol. The molecule has 1 N–H and O–H groups in total. The molecule has 1 unspecified atom stereocenters. The smallest absolute Gasteiger partial charge is 0.311 e. The van der Waals surface area contributed by atoms with Crippen LogP contribution in [-0.4, -0.2) is 35.1 Å². The third-order valence-electron chi connectivity index (χ3n) is 1.18. The van der Waals surface area contributed by atoms with E-state index < -0.39 is 5.97 Å². The first-order chi connectivity index (χ1) is 4.29. The van der Waals surface area contributed by atoms with E-state index in [2.05, 4.69) is 0 Å². The minimum atomic E-state index is -0.688. The summed E-state index contributed by atoms with van der Waals surface area (Å²) in [6, 6.07) is 0. The Morgan fingerprint density at radius 2 is 2.56 bits per heavy atom. The summed E-state index contributed by atoms with van der Waals surface area (Å²) in [6.45, 7) is 0.763. The normalized spacial score (nSPS) is 30.4. The number of hydrogen-bond acceptors (Lipinski definition) is 2. The van der Waals surface area contributed by atoms with Crippen LogP contribution in [-0.2, 0) is 9.53 Å². The van der Waals surface area contributed by atoms with Crippen molar-refractivity contribution in [2.45, 2.75) is 0 Å². The Labute approximate surface area is 56.4 Å². The molecule has 54 valence electrons. The van der Waals surface area contributed by atoms with Crippen LogP contribution in [0.15, 0.2) is 0 Å². The van der Waals surface area contributed by atoms with E-state index in [1.165, 1.54) is 0 Å². The van der Waals surface area contributed by atoms with Crippen molar-refractivity contribution in [2.24, 2.45) is 0 Å². The molecule has 3 nitrogen and oxygen atoms in total. The number of hydrogen-bond donors (Lipinski definition) is 2. The van der Waals surface area contributed by atoms with Crippen LogP contribution in [0.5, 0.6) is 0 Å². The van der Waals surface area contributed by atoms with Crippen LogP contribution in [0.1, 0.15) is 0 Å². The average Bonchev–Trinajstić information content (AvgIpc) is 2.15. The first-order valence-corrected chi connectivity index (χ1v) is 4.70. The van der Waals surface area contributed by atoms with Crippen molar-refractivity contribution >= 4 is 16.9 Å². The van der Waals surface area contributed by atoms with E-state index in [0.29, 0.717) is 11.7 Å². The van der Waals surface area contributed by atoms with Crippen molar-refractivity contribution in [3.05, 3.63) is 0 Å². The molecule has 1 aliphatic heterocycles. The molecule has 0 aromatic carbocycles. The lowest BCUT2D eigenvalue weighted by atomic mass is 10.8. The largest absolute Gasteiger partial charge is 0.481 e. The summed E-state index contributed by atoms with van der Waals surface area (Å²) >= 11 is 0. The number of thiol groups is 1. The molecule has 1 saturated heterocycles. The average molecular weight is 150 g/mol. The molecule has 1 aliphatic rings. The van der Waals surface area contributed by atoms with E-state index in [9.17, 15) is 4.79 Å². The molecule has 0 aromatic rings. The highest BCUT2D eigenvalue weighted by molar-refractivity contribution is 8.17. The van der Waals surface area contributed by atoms with Crippen LogP contribution in [0.3, 0.4) is 0 Å². The van der Waals surface area contributed by atoms with Gasteiger partial charge < -0.3 is 9.84 Å². The quantitative estimate of drug-likeness (QED) is 0.547. The lowest BCUT2D eigenvalue weighted by Gasteiger charge is -2.06. The van der Waals surface area contributed by atoms with Crippen LogP contribution in [0, 0.1) is 0 Å². The third kappa shape index (κ3) is 2.24. The van der Waals surface area contributed by atoms with Gasteiger partial charge in [-0.2, -0.15) is 0 Å². The Hall–Kier alpha value is -0.220. The molecule has 0 saturated carbocycles. The molecule has 0 radical (unpaired) electrons. The molecule has 1 heterocycles. The molecule has 0 aromatic heterocycles. The van der Waals surface area contributed by atoms with Crippen LogP contribution in [0.2, 0.25) is 0 Å². The van der Waals surface area contributed by atoms with Gasteiger partial charge in [0.25, 0.3) is 0 Å². The second kappa shape index (κ2) is 3.08. The number of carboxylic acid groups (broad SMARTS) is 1. The number of carbonyl (C=O) groups is 1. The highest BCUT2D eigenvalue weighted by Gasteiger charge is 2.13.